The van der Waals surface area contributed by atoms with E-state index in [0.717, 1.165) is 22.3 Å². The van der Waals surface area contributed by atoms with E-state index in [0.29, 0.717) is 23.1 Å². The molecule has 7 heteroatoms. The van der Waals surface area contributed by atoms with Gasteiger partial charge in [-0.15, -0.1) is 0 Å². The fraction of sp³-hybridized carbons (Fsp3) is 0.111. The van der Waals surface area contributed by atoms with Crippen LogP contribution in [0.2, 0.25) is 5.02 Å². The van der Waals surface area contributed by atoms with Crippen LogP contribution in [-0.2, 0) is 13.2 Å². The molecule has 0 atom stereocenters. The Bertz CT molecular complexity index is 997. The summed E-state index contributed by atoms with van der Waals surface area (Å²) >= 11 is 6.44. The van der Waals surface area contributed by atoms with E-state index in [1.165, 1.54) is 6.33 Å². The number of fused-ring (bicyclic) bond motifs is 1. The maximum Gasteiger partial charge on any atom is 0.144 e. The SMILES string of the molecule is OCc1cc2c(Cl)cc(Oc3ccccc3)cc2n1Cc1ncn[nH]1. The van der Waals surface area contributed by atoms with E-state index in [1.807, 2.05) is 47.0 Å². The van der Waals surface area contributed by atoms with Crippen molar-refractivity contribution in [2.45, 2.75) is 13.2 Å². The Balaban J connectivity index is 1.80. The summed E-state index contributed by atoms with van der Waals surface area (Å²) in [6.07, 6.45) is 1.45. The van der Waals surface area contributed by atoms with Crippen LogP contribution in [0.3, 0.4) is 0 Å². The van der Waals surface area contributed by atoms with Gasteiger partial charge in [0.05, 0.1) is 23.7 Å². The summed E-state index contributed by atoms with van der Waals surface area (Å²) in [7, 11) is 0. The fourth-order valence-electron chi connectivity index (χ4n) is 2.80. The summed E-state index contributed by atoms with van der Waals surface area (Å²) in [6.45, 7) is 0.346. The molecule has 0 saturated carbocycles. The number of para-hydroxylation sites is 1. The van der Waals surface area contributed by atoms with Crippen molar-refractivity contribution in [3.63, 3.8) is 0 Å². The van der Waals surface area contributed by atoms with Gasteiger partial charge >= 0.3 is 0 Å². The number of nitrogens with zero attached hydrogens (tertiary/aromatic N) is 3. The number of hydrogen-bond donors (Lipinski definition) is 2. The van der Waals surface area contributed by atoms with E-state index >= 15 is 0 Å². The molecular formula is C18H15ClN4O2. The van der Waals surface area contributed by atoms with Crippen LogP contribution < -0.4 is 4.74 Å². The van der Waals surface area contributed by atoms with Crippen LogP contribution in [0.5, 0.6) is 11.5 Å². The number of aliphatic hydroxyl groups is 1. The van der Waals surface area contributed by atoms with Gasteiger partial charge in [0.25, 0.3) is 0 Å². The molecule has 0 spiro atoms. The molecule has 0 amide bonds. The number of aromatic nitrogens is 4. The van der Waals surface area contributed by atoms with Crippen molar-refractivity contribution in [2.75, 3.05) is 0 Å². The largest absolute Gasteiger partial charge is 0.457 e. The summed E-state index contributed by atoms with van der Waals surface area (Å²) in [5, 5.41) is 17.8. The zero-order chi connectivity index (χ0) is 17.2. The van der Waals surface area contributed by atoms with Gasteiger partial charge in [0.1, 0.15) is 23.7 Å². The van der Waals surface area contributed by atoms with Gasteiger partial charge in [0.2, 0.25) is 0 Å². The Hall–Kier alpha value is -2.83. The Morgan fingerprint density at radius 1 is 1.12 bits per heavy atom. The molecule has 2 heterocycles. The van der Waals surface area contributed by atoms with Crippen molar-refractivity contribution in [1.29, 1.82) is 0 Å². The maximum atomic E-state index is 9.70. The van der Waals surface area contributed by atoms with E-state index < -0.39 is 0 Å². The first kappa shape index (κ1) is 15.7. The van der Waals surface area contributed by atoms with Gasteiger partial charge in [-0.1, -0.05) is 29.8 Å². The lowest BCUT2D eigenvalue weighted by atomic mass is 10.2. The lowest BCUT2D eigenvalue weighted by Gasteiger charge is -2.10. The predicted molar refractivity (Wildman–Crippen MR) is 94.9 cm³/mol. The standard InChI is InChI=1S/C18H15ClN4O2/c19-16-7-14(25-13-4-2-1-3-5-13)8-17-15(16)6-12(10-24)23(17)9-18-20-11-21-22-18/h1-8,11,24H,9-10H2,(H,20,21,22). The highest BCUT2D eigenvalue weighted by atomic mass is 35.5. The van der Waals surface area contributed by atoms with Crippen molar-refractivity contribution >= 4 is 22.5 Å². The third kappa shape index (κ3) is 3.09. The predicted octanol–water partition coefficient (Wildman–Crippen LogP) is 3.75. The average Bonchev–Trinajstić information content (AvgIpc) is 3.25. The maximum absolute atomic E-state index is 9.70. The molecule has 0 fully saturated rings. The van der Waals surface area contributed by atoms with Gasteiger partial charge in [-0.2, -0.15) is 5.10 Å². The minimum absolute atomic E-state index is 0.103. The minimum atomic E-state index is -0.103. The topological polar surface area (TPSA) is 76.0 Å². The van der Waals surface area contributed by atoms with Crippen molar-refractivity contribution < 1.29 is 9.84 Å². The van der Waals surface area contributed by atoms with Crippen molar-refractivity contribution in [2.24, 2.45) is 0 Å². The van der Waals surface area contributed by atoms with Crippen LogP contribution >= 0.6 is 11.6 Å². The zero-order valence-electron chi connectivity index (χ0n) is 13.2. The lowest BCUT2D eigenvalue weighted by Crippen LogP contribution is -2.05. The smallest absolute Gasteiger partial charge is 0.144 e. The van der Waals surface area contributed by atoms with Crippen LogP contribution in [0.15, 0.2) is 54.9 Å². The van der Waals surface area contributed by atoms with Gasteiger partial charge < -0.3 is 14.4 Å². The van der Waals surface area contributed by atoms with Gasteiger partial charge in [-0.25, -0.2) is 4.98 Å². The quantitative estimate of drug-likeness (QED) is 0.572. The molecule has 2 N–H and O–H groups in total. The number of aliphatic hydroxyl groups excluding tert-OH is 1. The number of benzene rings is 2. The molecular weight excluding hydrogens is 340 g/mol. The van der Waals surface area contributed by atoms with Crippen LogP contribution in [0, 0.1) is 0 Å². The second-order valence-electron chi connectivity index (χ2n) is 5.57. The minimum Gasteiger partial charge on any atom is -0.457 e. The Kier molecular flexibility index (Phi) is 4.13. The molecule has 0 aliphatic carbocycles. The molecule has 0 radical (unpaired) electrons. The van der Waals surface area contributed by atoms with E-state index in [1.54, 1.807) is 6.07 Å². The van der Waals surface area contributed by atoms with Crippen LogP contribution in [0.4, 0.5) is 0 Å². The first-order valence-electron chi connectivity index (χ1n) is 7.74. The van der Waals surface area contributed by atoms with Crippen molar-refractivity contribution in [1.82, 2.24) is 19.7 Å². The Labute approximate surface area is 148 Å². The summed E-state index contributed by atoms with van der Waals surface area (Å²) in [5.41, 5.74) is 1.60. The Morgan fingerprint density at radius 3 is 2.68 bits per heavy atom. The molecule has 0 saturated heterocycles. The number of aromatic amines is 1. The summed E-state index contributed by atoms with van der Waals surface area (Å²) in [6, 6.07) is 15.1. The van der Waals surface area contributed by atoms with E-state index in [2.05, 4.69) is 15.2 Å². The number of nitrogens with one attached hydrogen (secondary N) is 1. The highest BCUT2D eigenvalue weighted by molar-refractivity contribution is 6.35. The van der Waals surface area contributed by atoms with Gasteiger partial charge in [0, 0.05) is 23.2 Å². The lowest BCUT2D eigenvalue weighted by molar-refractivity contribution is 0.272. The van der Waals surface area contributed by atoms with Crippen LogP contribution in [-0.4, -0.2) is 24.9 Å². The molecule has 2 aromatic heterocycles. The van der Waals surface area contributed by atoms with Crippen molar-refractivity contribution in [3.8, 4) is 11.5 Å². The molecule has 126 valence electrons. The number of ether oxygens (including phenoxy) is 1. The van der Waals surface area contributed by atoms with Gasteiger partial charge in [0.15, 0.2) is 0 Å². The molecule has 2 aromatic carbocycles. The Morgan fingerprint density at radius 2 is 1.96 bits per heavy atom. The first-order valence-corrected chi connectivity index (χ1v) is 8.12. The second kappa shape index (κ2) is 6.58. The van der Waals surface area contributed by atoms with Crippen LogP contribution in [0.1, 0.15) is 11.5 Å². The van der Waals surface area contributed by atoms with Crippen molar-refractivity contribution in [3.05, 3.63) is 71.4 Å². The van der Waals surface area contributed by atoms with E-state index in [9.17, 15) is 5.11 Å². The van der Waals surface area contributed by atoms with Gasteiger partial charge in [-0.3, -0.25) is 5.10 Å². The first-order chi connectivity index (χ1) is 12.2. The van der Waals surface area contributed by atoms with E-state index in [-0.39, 0.29) is 6.61 Å². The summed E-state index contributed by atoms with van der Waals surface area (Å²) < 4.78 is 7.85. The van der Waals surface area contributed by atoms with Gasteiger partial charge in [-0.05, 0) is 18.2 Å². The molecule has 4 rings (SSSR count). The third-order valence-corrected chi connectivity index (χ3v) is 4.26. The molecule has 6 nitrogen and oxygen atoms in total. The molecule has 4 aromatic rings. The normalized spacial score (nSPS) is 11.1. The fourth-order valence-corrected chi connectivity index (χ4v) is 3.06. The average molecular weight is 355 g/mol. The second-order valence-corrected chi connectivity index (χ2v) is 5.97. The number of rotatable bonds is 5. The zero-order valence-corrected chi connectivity index (χ0v) is 13.9. The molecule has 0 bridgehead atoms. The molecule has 0 aliphatic heterocycles. The van der Waals surface area contributed by atoms with Crippen LogP contribution in [0.25, 0.3) is 10.9 Å². The van der Waals surface area contributed by atoms with E-state index in [4.69, 9.17) is 16.3 Å². The third-order valence-electron chi connectivity index (χ3n) is 3.94. The molecule has 0 unspecified atom stereocenters. The monoisotopic (exact) mass is 354 g/mol. The number of halogens is 1. The highest BCUT2D eigenvalue weighted by Gasteiger charge is 2.14. The molecule has 0 aliphatic rings. The highest BCUT2D eigenvalue weighted by Crippen LogP contribution is 2.34. The number of H-pyrrole nitrogens is 1. The number of hydrogen-bond acceptors (Lipinski definition) is 4. The summed E-state index contributed by atoms with van der Waals surface area (Å²) in [5.74, 6) is 2.05. The molecule has 25 heavy (non-hydrogen) atoms. The summed E-state index contributed by atoms with van der Waals surface area (Å²) in [4.78, 5) is 4.15.